The third-order valence-corrected chi connectivity index (χ3v) is 5.33. The van der Waals surface area contributed by atoms with E-state index in [-0.39, 0.29) is 17.6 Å². The third kappa shape index (κ3) is 4.35. The standard InChI is InChI=1S/C22H26O5/c1-25-20-7-5-15(11-22(20)27-3)9-17-13-18(23)12-16(17)8-14-4-6-19(24)21(10-14)26-2/h4-7,10-11,16-17,24H,8-9,12-13H2,1-3H3/t16-,17-/m1/s1. The Hall–Kier alpha value is -2.69. The van der Waals surface area contributed by atoms with E-state index >= 15 is 0 Å². The lowest BCUT2D eigenvalue weighted by atomic mass is 9.85. The minimum absolute atomic E-state index is 0.130. The summed E-state index contributed by atoms with van der Waals surface area (Å²) in [7, 11) is 4.79. The first-order chi connectivity index (χ1) is 13.0. The number of hydrogen-bond donors (Lipinski definition) is 1. The van der Waals surface area contributed by atoms with Gasteiger partial charge in [-0.3, -0.25) is 4.79 Å². The van der Waals surface area contributed by atoms with Gasteiger partial charge >= 0.3 is 0 Å². The molecule has 0 bridgehead atoms. The fraction of sp³-hybridized carbons (Fsp3) is 0.409. The summed E-state index contributed by atoms with van der Waals surface area (Å²) >= 11 is 0. The number of hydrogen-bond acceptors (Lipinski definition) is 5. The van der Waals surface area contributed by atoms with Gasteiger partial charge in [0.25, 0.3) is 0 Å². The van der Waals surface area contributed by atoms with E-state index in [1.807, 2.05) is 30.3 Å². The predicted molar refractivity (Wildman–Crippen MR) is 103 cm³/mol. The van der Waals surface area contributed by atoms with Crippen molar-refractivity contribution in [3.8, 4) is 23.0 Å². The Bertz CT molecular complexity index is 814. The van der Waals surface area contributed by atoms with E-state index in [0.29, 0.717) is 35.9 Å². The number of carbonyl (C=O) groups excluding carboxylic acids is 1. The lowest BCUT2D eigenvalue weighted by molar-refractivity contribution is -0.117. The largest absolute Gasteiger partial charge is 0.504 e. The maximum absolute atomic E-state index is 12.1. The molecule has 2 aromatic carbocycles. The average Bonchev–Trinajstić information content (AvgIpc) is 3.01. The third-order valence-electron chi connectivity index (χ3n) is 5.33. The summed E-state index contributed by atoms with van der Waals surface area (Å²) in [5, 5.41) is 9.78. The smallest absolute Gasteiger partial charge is 0.160 e. The van der Waals surface area contributed by atoms with Crippen LogP contribution in [0.1, 0.15) is 24.0 Å². The predicted octanol–water partition coefficient (Wildman–Crippen LogP) is 3.80. The highest BCUT2D eigenvalue weighted by atomic mass is 16.5. The van der Waals surface area contributed by atoms with Crippen molar-refractivity contribution in [3.05, 3.63) is 47.5 Å². The van der Waals surface area contributed by atoms with Crippen molar-refractivity contribution in [3.63, 3.8) is 0 Å². The molecular formula is C22H26O5. The van der Waals surface area contributed by atoms with Gasteiger partial charge in [0.1, 0.15) is 5.78 Å². The first-order valence-corrected chi connectivity index (χ1v) is 9.12. The molecule has 0 spiro atoms. The van der Waals surface area contributed by atoms with Gasteiger partial charge in [-0.15, -0.1) is 0 Å². The molecule has 3 rings (SSSR count). The first kappa shape index (κ1) is 19.1. The Labute approximate surface area is 159 Å². The van der Waals surface area contributed by atoms with Crippen LogP contribution in [0.15, 0.2) is 36.4 Å². The monoisotopic (exact) mass is 370 g/mol. The van der Waals surface area contributed by atoms with Crippen molar-refractivity contribution in [1.82, 2.24) is 0 Å². The number of ether oxygens (including phenoxy) is 3. The van der Waals surface area contributed by atoms with Gasteiger partial charge in [-0.1, -0.05) is 12.1 Å². The van der Waals surface area contributed by atoms with Crippen LogP contribution in [0, 0.1) is 11.8 Å². The van der Waals surface area contributed by atoms with Gasteiger partial charge < -0.3 is 19.3 Å². The van der Waals surface area contributed by atoms with Crippen molar-refractivity contribution in [2.24, 2.45) is 11.8 Å². The SMILES string of the molecule is COc1cc(C[C@@H]2CC(=O)C[C@H]2Cc2ccc(OC)c(OC)c2)ccc1O. The van der Waals surface area contributed by atoms with E-state index in [9.17, 15) is 9.90 Å². The Balaban J connectivity index is 1.75. The molecule has 0 radical (unpaired) electrons. The second kappa shape index (κ2) is 8.33. The Morgan fingerprint density at radius 3 is 1.89 bits per heavy atom. The topological polar surface area (TPSA) is 65.0 Å². The molecule has 1 fully saturated rings. The van der Waals surface area contributed by atoms with Gasteiger partial charge in [-0.2, -0.15) is 0 Å². The number of Topliss-reactive ketones (excluding diaryl/α,β-unsaturated/α-hetero) is 1. The van der Waals surface area contributed by atoms with Gasteiger partial charge in [0.2, 0.25) is 0 Å². The lowest BCUT2D eigenvalue weighted by Crippen LogP contribution is -2.14. The summed E-state index contributed by atoms with van der Waals surface area (Å²) in [6.07, 6.45) is 2.82. The van der Waals surface area contributed by atoms with Crippen LogP contribution >= 0.6 is 0 Å². The molecule has 2 aromatic rings. The summed E-state index contributed by atoms with van der Waals surface area (Å²) in [5.41, 5.74) is 2.21. The highest BCUT2D eigenvalue weighted by Crippen LogP contribution is 2.37. The second-order valence-corrected chi connectivity index (χ2v) is 7.07. The molecule has 1 saturated carbocycles. The highest BCUT2D eigenvalue weighted by molar-refractivity contribution is 5.81. The Kier molecular flexibility index (Phi) is 5.89. The molecule has 0 heterocycles. The molecule has 1 N–H and O–H groups in total. The van der Waals surface area contributed by atoms with Crippen LogP contribution in [0.4, 0.5) is 0 Å². The Morgan fingerprint density at radius 2 is 1.33 bits per heavy atom. The zero-order valence-electron chi connectivity index (χ0n) is 16.0. The summed E-state index contributed by atoms with van der Waals surface area (Å²) in [6, 6.07) is 11.3. The molecule has 5 nitrogen and oxygen atoms in total. The van der Waals surface area contributed by atoms with Crippen molar-refractivity contribution in [1.29, 1.82) is 0 Å². The lowest BCUT2D eigenvalue weighted by Gasteiger charge is -2.20. The maximum atomic E-state index is 12.1. The quantitative estimate of drug-likeness (QED) is 0.803. The molecule has 0 amide bonds. The van der Waals surface area contributed by atoms with Gasteiger partial charge in [0.15, 0.2) is 23.0 Å². The van der Waals surface area contributed by atoms with Gasteiger partial charge in [-0.25, -0.2) is 0 Å². The zero-order valence-corrected chi connectivity index (χ0v) is 16.0. The molecular weight excluding hydrogens is 344 g/mol. The van der Waals surface area contributed by atoms with E-state index in [1.165, 1.54) is 7.11 Å². The maximum Gasteiger partial charge on any atom is 0.160 e. The molecule has 5 heteroatoms. The van der Waals surface area contributed by atoms with Crippen LogP contribution in [-0.2, 0) is 17.6 Å². The van der Waals surface area contributed by atoms with Crippen LogP contribution in [0.25, 0.3) is 0 Å². The van der Waals surface area contributed by atoms with Crippen LogP contribution in [0.2, 0.25) is 0 Å². The normalized spacial score (nSPS) is 19.1. The van der Waals surface area contributed by atoms with E-state index in [0.717, 1.165) is 24.0 Å². The number of rotatable bonds is 7. The molecule has 0 aromatic heterocycles. The molecule has 1 aliphatic rings. The number of methoxy groups -OCH3 is 3. The fourth-order valence-electron chi connectivity index (χ4n) is 3.94. The van der Waals surface area contributed by atoms with Gasteiger partial charge in [-0.05, 0) is 60.1 Å². The van der Waals surface area contributed by atoms with E-state index in [1.54, 1.807) is 20.3 Å². The number of ketones is 1. The fourth-order valence-corrected chi connectivity index (χ4v) is 3.94. The average molecular weight is 370 g/mol. The highest BCUT2D eigenvalue weighted by Gasteiger charge is 2.33. The van der Waals surface area contributed by atoms with E-state index in [4.69, 9.17) is 14.2 Å². The van der Waals surface area contributed by atoms with Crippen molar-refractivity contribution < 1.29 is 24.1 Å². The van der Waals surface area contributed by atoms with Crippen LogP contribution in [0.3, 0.4) is 0 Å². The molecule has 2 atom stereocenters. The number of benzene rings is 2. The summed E-state index contributed by atoms with van der Waals surface area (Å²) in [5.74, 6) is 2.89. The minimum Gasteiger partial charge on any atom is -0.504 e. The van der Waals surface area contributed by atoms with Gasteiger partial charge in [0, 0.05) is 12.8 Å². The summed E-state index contributed by atoms with van der Waals surface area (Å²) in [6.45, 7) is 0. The van der Waals surface area contributed by atoms with Crippen LogP contribution in [0.5, 0.6) is 23.0 Å². The van der Waals surface area contributed by atoms with Crippen molar-refractivity contribution >= 4 is 5.78 Å². The first-order valence-electron chi connectivity index (χ1n) is 9.12. The number of aromatic hydroxyl groups is 1. The van der Waals surface area contributed by atoms with Crippen molar-refractivity contribution in [2.75, 3.05) is 21.3 Å². The number of phenols is 1. The zero-order chi connectivity index (χ0) is 19.4. The Morgan fingerprint density at radius 1 is 0.815 bits per heavy atom. The summed E-state index contributed by atoms with van der Waals surface area (Å²) < 4.78 is 15.9. The summed E-state index contributed by atoms with van der Waals surface area (Å²) in [4.78, 5) is 12.1. The molecule has 0 aliphatic heterocycles. The van der Waals surface area contributed by atoms with E-state index < -0.39 is 0 Å². The van der Waals surface area contributed by atoms with Gasteiger partial charge in [0.05, 0.1) is 21.3 Å². The minimum atomic E-state index is 0.130. The second-order valence-electron chi connectivity index (χ2n) is 7.07. The van der Waals surface area contributed by atoms with Crippen LogP contribution < -0.4 is 14.2 Å². The van der Waals surface area contributed by atoms with E-state index in [2.05, 4.69) is 0 Å². The number of carbonyl (C=O) groups is 1. The van der Waals surface area contributed by atoms with Crippen LogP contribution in [-0.4, -0.2) is 32.2 Å². The molecule has 144 valence electrons. The molecule has 0 saturated heterocycles. The van der Waals surface area contributed by atoms with Crippen molar-refractivity contribution in [2.45, 2.75) is 25.7 Å². The number of phenolic OH excluding ortho intramolecular Hbond substituents is 1. The molecule has 27 heavy (non-hydrogen) atoms. The molecule has 0 unspecified atom stereocenters. The molecule has 1 aliphatic carbocycles.